The van der Waals surface area contributed by atoms with E-state index in [1.807, 2.05) is 0 Å². The number of aromatic nitrogens is 1. The first kappa shape index (κ1) is 12.7. The molecule has 4 rings (SSSR count). The minimum absolute atomic E-state index is 0.0183. The van der Waals surface area contributed by atoms with E-state index in [2.05, 4.69) is 39.9 Å². The number of oxime groups is 1. The van der Waals surface area contributed by atoms with E-state index in [0.29, 0.717) is 17.7 Å². The van der Waals surface area contributed by atoms with Gasteiger partial charge >= 0.3 is 0 Å². The topological polar surface area (TPSA) is 57.8 Å². The zero-order valence-corrected chi connectivity index (χ0v) is 12.1. The predicted octanol–water partition coefficient (Wildman–Crippen LogP) is 2.33. The van der Waals surface area contributed by atoms with Crippen molar-refractivity contribution in [1.29, 1.82) is 0 Å². The van der Waals surface area contributed by atoms with Crippen molar-refractivity contribution >= 4 is 11.5 Å². The molecule has 0 bridgehead atoms. The number of allylic oxidation sites excluding steroid dienone is 2. The lowest BCUT2D eigenvalue weighted by molar-refractivity contribution is -0.116. The Morgan fingerprint density at radius 1 is 1.33 bits per heavy atom. The van der Waals surface area contributed by atoms with Gasteiger partial charge in [-0.05, 0) is 25.0 Å². The van der Waals surface area contributed by atoms with Gasteiger partial charge in [-0.15, -0.1) is 0 Å². The van der Waals surface area contributed by atoms with Crippen LogP contribution >= 0.6 is 0 Å². The van der Waals surface area contributed by atoms with Crippen molar-refractivity contribution in [2.75, 3.05) is 6.54 Å². The number of hydrogen-bond donors (Lipinski definition) is 1. The van der Waals surface area contributed by atoms with Crippen LogP contribution in [0.15, 0.2) is 34.8 Å². The SMILES string of the molecule is C[C@@H]1C(=NO)C2=C(CCCC2=O)N2CCn3cccc3[C@@H]12. The van der Waals surface area contributed by atoms with Crippen LogP contribution in [0, 0.1) is 5.92 Å². The number of hydrogen-bond acceptors (Lipinski definition) is 4. The van der Waals surface area contributed by atoms with E-state index in [0.717, 1.165) is 31.6 Å². The van der Waals surface area contributed by atoms with E-state index in [4.69, 9.17) is 0 Å². The molecule has 1 aromatic rings. The molecule has 2 atom stereocenters. The maximum absolute atomic E-state index is 12.3. The third-order valence-electron chi connectivity index (χ3n) is 5.09. The summed E-state index contributed by atoms with van der Waals surface area (Å²) in [4.78, 5) is 14.7. The normalized spacial score (nSPS) is 30.2. The van der Waals surface area contributed by atoms with Crippen LogP contribution in [-0.4, -0.2) is 32.7 Å². The van der Waals surface area contributed by atoms with Gasteiger partial charge in [0.25, 0.3) is 0 Å². The van der Waals surface area contributed by atoms with Crippen molar-refractivity contribution in [3.05, 3.63) is 35.3 Å². The molecule has 5 heteroatoms. The molecule has 1 N–H and O–H groups in total. The molecule has 1 aliphatic carbocycles. The molecule has 110 valence electrons. The van der Waals surface area contributed by atoms with Gasteiger partial charge in [0.2, 0.25) is 0 Å². The lowest BCUT2D eigenvalue weighted by Gasteiger charge is -2.48. The van der Waals surface area contributed by atoms with Crippen molar-refractivity contribution in [3.8, 4) is 0 Å². The summed E-state index contributed by atoms with van der Waals surface area (Å²) in [6, 6.07) is 4.37. The summed E-state index contributed by atoms with van der Waals surface area (Å²) in [5.41, 5.74) is 3.60. The number of fused-ring (bicyclic) bond motifs is 4. The molecular weight excluding hydrogens is 266 g/mol. The summed E-state index contributed by atoms with van der Waals surface area (Å²) in [7, 11) is 0. The summed E-state index contributed by atoms with van der Waals surface area (Å²) in [6.07, 6.45) is 4.48. The van der Waals surface area contributed by atoms with Crippen LogP contribution in [0.3, 0.4) is 0 Å². The van der Waals surface area contributed by atoms with E-state index in [1.54, 1.807) is 0 Å². The molecule has 2 aliphatic heterocycles. The Bertz CT molecular complexity index is 671. The summed E-state index contributed by atoms with van der Waals surface area (Å²) >= 11 is 0. The molecule has 5 nitrogen and oxygen atoms in total. The fraction of sp³-hybridized carbons (Fsp3) is 0.500. The molecule has 0 unspecified atom stereocenters. The van der Waals surface area contributed by atoms with Crippen molar-refractivity contribution in [3.63, 3.8) is 0 Å². The van der Waals surface area contributed by atoms with Gasteiger partial charge in [-0.3, -0.25) is 4.79 Å². The quantitative estimate of drug-likeness (QED) is 0.588. The molecule has 1 aromatic heterocycles. The van der Waals surface area contributed by atoms with Crippen LogP contribution < -0.4 is 0 Å². The molecule has 0 aromatic carbocycles. The largest absolute Gasteiger partial charge is 0.411 e. The Hall–Kier alpha value is -2.04. The molecule has 0 saturated carbocycles. The molecule has 21 heavy (non-hydrogen) atoms. The van der Waals surface area contributed by atoms with Gasteiger partial charge < -0.3 is 14.7 Å². The van der Waals surface area contributed by atoms with E-state index in [9.17, 15) is 10.0 Å². The first-order chi connectivity index (χ1) is 10.2. The number of ketones is 1. The Balaban J connectivity index is 1.91. The number of nitrogens with zero attached hydrogens (tertiary/aromatic N) is 3. The highest BCUT2D eigenvalue weighted by Gasteiger charge is 2.44. The molecule has 0 fully saturated rings. The van der Waals surface area contributed by atoms with Crippen molar-refractivity contribution in [2.45, 2.75) is 38.8 Å². The van der Waals surface area contributed by atoms with Gasteiger partial charge in [0.05, 0.1) is 17.3 Å². The van der Waals surface area contributed by atoms with Crippen molar-refractivity contribution in [2.24, 2.45) is 11.1 Å². The van der Waals surface area contributed by atoms with Gasteiger partial charge in [-0.1, -0.05) is 12.1 Å². The highest BCUT2D eigenvalue weighted by molar-refractivity contribution is 6.24. The van der Waals surface area contributed by atoms with Crippen molar-refractivity contribution < 1.29 is 10.0 Å². The fourth-order valence-electron chi connectivity index (χ4n) is 4.17. The number of rotatable bonds is 0. The predicted molar refractivity (Wildman–Crippen MR) is 78.1 cm³/mol. The van der Waals surface area contributed by atoms with Crippen LogP contribution in [0.25, 0.3) is 0 Å². The van der Waals surface area contributed by atoms with Crippen LogP contribution in [0.1, 0.15) is 37.9 Å². The van der Waals surface area contributed by atoms with Crippen LogP contribution in [0.5, 0.6) is 0 Å². The van der Waals surface area contributed by atoms with E-state index in [-0.39, 0.29) is 17.7 Å². The van der Waals surface area contributed by atoms with Gasteiger partial charge in [0, 0.05) is 43.0 Å². The standard InChI is InChI=1S/C16H19N3O2/c1-10-15(17-21)14-11(4-2-6-13(14)20)19-9-8-18-7-3-5-12(18)16(10)19/h3,5,7,10,16,21H,2,4,6,8-9H2,1H3/t10-,16-/m1/s1. The van der Waals surface area contributed by atoms with Gasteiger partial charge in [0.15, 0.2) is 5.78 Å². The maximum atomic E-state index is 12.3. The summed E-state index contributed by atoms with van der Waals surface area (Å²) < 4.78 is 2.27. The zero-order valence-electron chi connectivity index (χ0n) is 12.1. The van der Waals surface area contributed by atoms with E-state index >= 15 is 0 Å². The average molecular weight is 285 g/mol. The summed E-state index contributed by atoms with van der Waals surface area (Å²) in [6.45, 7) is 3.92. The first-order valence-electron chi connectivity index (χ1n) is 7.62. The first-order valence-corrected chi connectivity index (χ1v) is 7.62. The third kappa shape index (κ3) is 1.63. The smallest absolute Gasteiger partial charge is 0.166 e. The second kappa shape index (κ2) is 4.48. The lowest BCUT2D eigenvalue weighted by Crippen LogP contribution is -2.48. The average Bonchev–Trinajstić information content (AvgIpc) is 2.96. The second-order valence-electron chi connectivity index (χ2n) is 6.14. The second-order valence-corrected chi connectivity index (χ2v) is 6.14. The van der Waals surface area contributed by atoms with Crippen LogP contribution in [-0.2, 0) is 11.3 Å². The number of carbonyl (C=O) groups excluding carboxylic acids is 1. The Morgan fingerprint density at radius 3 is 3.00 bits per heavy atom. The molecule has 3 aliphatic rings. The molecule has 3 heterocycles. The van der Waals surface area contributed by atoms with E-state index < -0.39 is 0 Å². The molecule has 0 saturated heterocycles. The molecule has 0 amide bonds. The minimum Gasteiger partial charge on any atom is -0.411 e. The number of carbonyl (C=O) groups is 1. The number of Topliss-reactive ketones (excluding diaryl/α,β-unsaturated/α-hetero) is 1. The third-order valence-corrected chi connectivity index (χ3v) is 5.09. The van der Waals surface area contributed by atoms with Crippen molar-refractivity contribution in [1.82, 2.24) is 9.47 Å². The summed E-state index contributed by atoms with van der Waals surface area (Å²) in [5, 5.41) is 13.0. The van der Waals surface area contributed by atoms with Crippen LogP contribution in [0.2, 0.25) is 0 Å². The molecule has 0 radical (unpaired) electrons. The maximum Gasteiger partial charge on any atom is 0.166 e. The molecule has 0 spiro atoms. The summed E-state index contributed by atoms with van der Waals surface area (Å²) in [5.74, 6) is 0.153. The minimum atomic E-state index is 0.0183. The van der Waals surface area contributed by atoms with E-state index in [1.165, 1.54) is 5.69 Å². The Kier molecular flexibility index (Phi) is 2.71. The van der Waals surface area contributed by atoms with Gasteiger partial charge in [-0.2, -0.15) is 0 Å². The highest BCUT2D eigenvalue weighted by Crippen LogP contribution is 2.44. The molecular formula is C16H19N3O2. The van der Waals surface area contributed by atoms with Gasteiger partial charge in [-0.25, -0.2) is 0 Å². The Labute approximate surface area is 123 Å². The lowest BCUT2D eigenvalue weighted by atomic mass is 9.77. The highest BCUT2D eigenvalue weighted by atomic mass is 16.4. The van der Waals surface area contributed by atoms with Crippen LogP contribution in [0.4, 0.5) is 0 Å². The Morgan fingerprint density at radius 2 is 2.19 bits per heavy atom. The monoisotopic (exact) mass is 285 g/mol. The fourth-order valence-corrected chi connectivity index (χ4v) is 4.17. The zero-order chi connectivity index (χ0) is 14.6. The van der Waals surface area contributed by atoms with Gasteiger partial charge in [0.1, 0.15) is 0 Å².